The van der Waals surface area contributed by atoms with Gasteiger partial charge in [0.2, 0.25) is 5.82 Å². The molecule has 0 aliphatic carbocycles. The predicted octanol–water partition coefficient (Wildman–Crippen LogP) is 6.96. The summed E-state index contributed by atoms with van der Waals surface area (Å²) in [7, 11) is 0. The van der Waals surface area contributed by atoms with Gasteiger partial charge < -0.3 is 9.84 Å². The van der Waals surface area contributed by atoms with Crippen molar-refractivity contribution in [3.8, 4) is 11.4 Å². The summed E-state index contributed by atoms with van der Waals surface area (Å²) in [5, 5.41) is 8.00. The number of halogens is 1. The lowest BCUT2D eigenvalue weighted by Crippen LogP contribution is -2.46. The number of amides is 2. The third-order valence-corrected chi connectivity index (χ3v) is 6.51. The van der Waals surface area contributed by atoms with Crippen LogP contribution >= 0.6 is 11.6 Å². The highest BCUT2D eigenvalue weighted by Gasteiger charge is 2.36. The van der Waals surface area contributed by atoms with Gasteiger partial charge >= 0.3 is 6.03 Å². The smallest absolute Gasteiger partial charge is 0.326 e. The maximum atomic E-state index is 13.3. The fourth-order valence-corrected chi connectivity index (χ4v) is 4.40. The lowest BCUT2D eigenvalue weighted by atomic mass is 9.94. The van der Waals surface area contributed by atoms with Crippen LogP contribution in [0.5, 0.6) is 0 Å². The lowest BCUT2D eigenvalue weighted by Gasteiger charge is -2.35. The van der Waals surface area contributed by atoms with Crippen LogP contribution in [0.1, 0.15) is 42.5 Å². The average molecular weight is 485 g/mol. The van der Waals surface area contributed by atoms with Crippen molar-refractivity contribution in [2.75, 3.05) is 4.90 Å². The number of anilines is 1. The van der Waals surface area contributed by atoms with Gasteiger partial charge in [0, 0.05) is 16.3 Å². The zero-order valence-electron chi connectivity index (χ0n) is 19.7. The van der Waals surface area contributed by atoms with Gasteiger partial charge in [-0.15, -0.1) is 0 Å². The summed E-state index contributed by atoms with van der Waals surface area (Å²) in [6, 6.07) is 22.7. The fourth-order valence-electron chi connectivity index (χ4n) is 4.27. The minimum atomic E-state index is -0.437. The summed E-state index contributed by atoms with van der Waals surface area (Å²) in [6.45, 7) is 6.05. The first-order chi connectivity index (χ1) is 16.9. The largest absolute Gasteiger partial charge is 0.334 e. The van der Waals surface area contributed by atoms with Crippen LogP contribution in [-0.2, 0) is 6.42 Å². The average Bonchev–Trinajstić information content (AvgIpc) is 3.35. The van der Waals surface area contributed by atoms with Gasteiger partial charge in [0.1, 0.15) is 0 Å². The Morgan fingerprint density at radius 1 is 0.971 bits per heavy atom. The molecule has 6 nitrogen and oxygen atoms in total. The van der Waals surface area contributed by atoms with Crippen molar-refractivity contribution < 1.29 is 9.32 Å². The number of nitrogens with zero attached hydrogens (tertiary/aromatic N) is 3. The predicted molar refractivity (Wildman–Crippen MR) is 138 cm³/mol. The number of aryl methyl sites for hydroxylation is 2. The van der Waals surface area contributed by atoms with E-state index < -0.39 is 6.04 Å². The molecule has 5 rings (SSSR count). The zero-order chi connectivity index (χ0) is 24.5. The first kappa shape index (κ1) is 22.9. The number of aromatic nitrogens is 2. The highest BCUT2D eigenvalue weighted by Crippen LogP contribution is 2.39. The molecule has 4 aromatic rings. The number of benzene rings is 3. The van der Waals surface area contributed by atoms with E-state index in [4.69, 9.17) is 21.1 Å². The third kappa shape index (κ3) is 4.45. The Hall–Kier alpha value is -3.90. The normalized spacial score (nSPS) is 15.9. The molecular formula is C28H25ClN4O2. The van der Waals surface area contributed by atoms with Crippen LogP contribution in [0.3, 0.4) is 0 Å². The molecule has 1 aromatic heterocycles. The lowest BCUT2D eigenvalue weighted by molar-refractivity contribution is 0.244. The fraction of sp³-hybridized carbons (Fsp3) is 0.179. The summed E-state index contributed by atoms with van der Waals surface area (Å²) < 4.78 is 5.76. The molecular weight excluding hydrogens is 460 g/mol. The van der Waals surface area contributed by atoms with E-state index in [1.807, 2.05) is 74.5 Å². The topological polar surface area (TPSA) is 71.3 Å². The minimum absolute atomic E-state index is 0.210. The molecule has 0 spiro atoms. The second-order valence-corrected chi connectivity index (χ2v) is 9.01. The summed E-state index contributed by atoms with van der Waals surface area (Å²) in [6.07, 6.45) is 0.928. The van der Waals surface area contributed by atoms with E-state index in [9.17, 15) is 4.79 Å². The van der Waals surface area contributed by atoms with Crippen LogP contribution in [0.4, 0.5) is 10.5 Å². The monoisotopic (exact) mass is 484 g/mol. The Morgan fingerprint density at radius 3 is 2.31 bits per heavy atom. The summed E-state index contributed by atoms with van der Waals surface area (Å²) >= 11 is 6.03. The second kappa shape index (κ2) is 9.39. The van der Waals surface area contributed by atoms with Crippen LogP contribution in [0, 0.1) is 6.92 Å². The van der Waals surface area contributed by atoms with Gasteiger partial charge in [-0.3, -0.25) is 4.90 Å². The van der Waals surface area contributed by atoms with Crippen molar-refractivity contribution in [3.63, 3.8) is 0 Å². The summed E-state index contributed by atoms with van der Waals surface area (Å²) in [5.41, 5.74) is 6.32. The van der Waals surface area contributed by atoms with Crippen molar-refractivity contribution in [1.82, 2.24) is 15.5 Å². The molecule has 0 bridgehead atoms. The van der Waals surface area contributed by atoms with Gasteiger partial charge in [0.05, 0.1) is 17.3 Å². The van der Waals surface area contributed by atoms with Crippen LogP contribution in [-0.4, -0.2) is 16.2 Å². The number of carbonyl (C=O) groups excluding carboxylic acids is 1. The zero-order valence-corrected chi connectivity index (χ0v) is 20.5. The number of hydrogen-bond donors (Lipinski definition) is 1. The highest BCUT2D eigenvalue weighted by molar-refractivity contribution is 6.30. The third-order valence-electron chi connectivity index (χ3n) is 6.26. The van der Waals surface area contributed by atoms with Crippen LogP contribution in [0.25, 0.3) is 17.0 Å². The van der Waals surface area contributed by atoms with E-state index in [2.05, 4.69) is 17.4 Å². The molecule has 2 heterocycles. The van der Waals surface area contributed by atoms with Gasteiger partial charge in [-0.05, 0) is 67.8 Å². The number of urea groups is 1. The Morgan fingerprint density at radius 2 is 1.66 bits per heavy atom. The van der Waals surface area contributed by atoms with Crippen LogP contribution in [0.15, 0.2) is 83.0 Å². The Balaban J connectivity index is 1.63. The molecule has 1 unspecified atom stereocenters. The molecule has 3 aromatic carbocycles. The maximum absolute atomic E-state index is 13.3. The minimum Gasteiger partial charge on any atom is -0.334 e. The number of rotatable bonds is 5. The van der Waals surface area contributed by atoms with E-state index in [1.54, 1.807) is 17.0 Å². The Labute approximate surface area is 209 Å². The number of hydrogen-bond acceptors (Lipinski definition) is 4. The van der Waals surface area contributed by atoms with Gasteiger partial charge in [-0.1, -0.05) is 65.6 Å². The van der Waals surface area contributed by atoms with Gasteiger partial charge in [0.25, 0.3) is 5.89 Å². The molecule has 2 amide bonds. The van der Waals surface area contributed by atoms with E-state index in [0.29, 0.717) is 16.7 Å². The highest BCUT2D eigenvalue weighted by atomic mass is 35.5. The van der Waals surface area contributed by atoms with E-state index in [1.165, 1.54) is 5.56 Å². The molecule has 35 heavy (non-hydrogen) atoms. The standard InChI is InChI=1S/C28H25ClN4O2/c1-4-19-7-15-23(16-8-19)33-18(3)24(25(30-28(33)34)20-9-5-17(2)6-10-20)27-31-26(32-35-27)21-11-13-22(29)14-12-21/h5-16,25H,4H2,1-3H3,(H,30,34). The first-order valence-corrected chi connectivity index (χ1v) is 11.9. The Bertz CT molecular complexity index is 1390. The second-order valence-electron chi connectivity index (χ2n) is 8.58. The van der Waals surface area contributed by atoms with E-state index in [-0.39, 0.29) is 6.03 Å². The molecule has 176 valence electrons. The van der Waals surface area contributed by atoms with E-state index in [0.717, 1.165) is 40.1 Å². The van der Waals surface area contributed by atoms with Crippen molar-refractivity contribution >= 4 is 28.9 Å². The molecule has 0 radical (unpaired) electrons. The molecule has 1 atom stereocenters. The van der Waals surface area contributed by atoms with Gasteiger partial charge in [-0.2, -0.15) is 4.98 Å². The molecule has 1 aliphatic rings. The molecule has 1 aliphatic heterocycles. The van der Waals surface area contributed by atoms with Crippen molar-refractivity contribution in [2.45, 2.75) is 33.2 Å². The maximum Gasteiger partial charge on any atom is 0.326 e. The van der Waals surface area contributed by atoms with Gasteiger partial charge in [-0.25, -0.2) is 4.79 Å². The van der Waals surface area contributed by atoms with Crippen LogP contribution in [0.2, 0.25) is 5.02 Å². The van der Waals surface area contributed by atoms with Crippen molar-refractivity contribution in [2.24, 2.45) is 0 Å². The van der Waals surface area contributed by atoms with Crippen molar-refractivity contribution in [3.05, 3.63) is 106 Å². The molecule has 0 saturated heterocycles. The summed E-state index contributed by atoms with van der Waals surface area (Å²) in [4.78, 5) is 19.7. The number of nitrogens with one attached hydrogen (secondary N) is 1. The van der Waals surface area contributed by atoms with E-state index >= 15 is 0 Å². The SMILES string of the molecule is CCc1ccc(N2C(=O)NC(c3ccc(C)cc3)C(c3nc(-c4ccc(Cl)cc4)no3)=C2C)cc1. The molecule has 0 fully saturated rings. The summed E-state index contributed by atoms with van der Waals surface area (Å²) in [5.74, 6) is 0.809. The Kier molecular flexibility index (Phi) is 6.14. The van der Waals surface area contributed by atoms with Gasteiger partial charge in [0.15, 0.2) is 0 Å². The molecule has 0 saturated carbocycles. The number of carbonyl (C=O) groups is 1. The number of allylic oxidation sites excluding steroid dienone is 1. The molecule has 7 heteroatoms. The first-order valence-electron chi connectivity index (χ1n) is 11.5. The van der Waals surface area contributed by atoms with Crippen LogP contribution < -0.4 is 10.2 Å². The van der Waals surface area contributed by atoms with Crippen molar-refractivity contribution in [1.29, 1.82) is 0 Å². The molecule has 1 N–H and O–H groups in total. The quantitative estimate of drug-likeness (QED) is 0.332.